The normalized spacial score (nSPS) is 14.5. The highest BCUT2D eigenvalue weighted by Gasteiger charge is 2.26. The van der Waals surface area contributed by atoms with Crippen molar-refractivity contribution in [2.75, 3.05) is 25.5 Å². The van der Waals surface area contributed by atoms with Crippen LogP contribution in [0.4, 0.5) is 5.69 Å². The summed E-state index contributed by atoms with van der Waals surface area (Å²) in [5.74, 6) is -0.164. The maximum absolute atomic E-state index is 13.0. The number of carbonyl (C=O) groups is 1. The molecule has 1 amide bonds. The van der Waals surface area contributed by atoms with Crippen molar-refractivity contribution in [1.29, 1.82) is 0 Å². The van der Waals surface area contributed by atoms with Gasteiger partial charge >= 0.3 is 0 Å². The van der Waals surface area contributed by atoms with Crippen LogP contribution in [0.15, 0.2) is 47.4 Å². The van der Waals surface area contributed by atoms with Gasteiger partial charge in [-0.05, 0) is 49.1 Å². The number of hydrogen-bond donors (Lipinski definition) is 0. The number of sulfonamides is 1. The van der Waals surface area contributed by atoms with Crippen molar-refractivity contribution in [3.63, 3.8) is 0 Å². The Labute approximate surface area is 148 Å². The molecule has 0 radical (unpaired) electrons. The molecule has 0 atom stereocenters. The highest BCUT2D eigenvalue weighted by molar-refractivity contribution is 7.89. The first kappa shape index (κ1) is 17.6. The van der Waals surface area contributed by atoms with Crippen LogP contribution in [0.1, 0.15) is 27.9 Å². The third-order valence-electron chi connectivity index (χ3n) is 4.55. The van der Waals surface area contributed by atoms with Crippen molar-refractivity contribution in [3.05, 3.63) is 59.2 Å². The molecule has 0 bridgehead atoms. The zero-order chi connectivity index (χ0) is 18.2. The van der Waals surface area contributed by atoms with Crippen molar-refractivity contribution >= 4 is 21.6 Å². The fourth-order valence-electron chi connectivity index (χ4n) is 3.11. The molecule has 1 heterocycles. The first-order valence-corrected chi connectivity index (χ1v) is 9.69. The van der Waals surface area contributed by atoms with Crippen molar-refractivity contribution < 1.29 is 13.2 Å². The Bertz CT molecular complexity index is 920. The predicted octanol–water partition coefficient (Wildman–Crippen LogP) is 2.84. The molecule has 0 fully saturated rings. The largest absolute Gasteiger partial charge is 0.308 e. The van der Waals surface area contributed by atoms with Crippen LogP contribution < -0.4 is 4.90 Å². The lowest BCUT2D eigenvalue weighted by Gasteiger charge is -2.29. The Morgan fingerprint density at radius 3 is 2.56 bits per heavy atom. The monoisotopic (exact) mass is 358 g/mol. The molecule has 1 aliphatic rings. The topological polar surface area (TPSA) is 57.7 Å². The highest BCUT2D eigenvalue weighted by atomic mass is 32.2. The lowest BCUT2D eigenvalue weighted by Crippen LogP contribution is -2.35. The average Bonchev–Trinajstić information content (AvgIpc) is 2.60. The van der Waals surface area contributed by atoms with Crippen LogP contribution in [0.25, 0.3) is 0 Å². The average molecular weight is 358 g/mol. The van der Waals surface area contributed by atoms with Crippen molar-refractivity contribution in [3.8, 4) is 0 Å². The van der Waals surface area contributed by atoms with Crippen LogP contribution in [-0.4, -0.2) is 39.3 Å². The maximum Gasteiger partial charge on any atom is 0.258 e. The van der Waals surface area contributed by atoms with Crippen molar-refractivity contribution in [2.45, 2.75) is 24.7 Å². The number of anilines is 1. The first-order valence-electron chi connectivity index (χ1n) is 8.25. The van der Waals surface area contributed by atoms with E-state index in [1.54, 1.807) is 24.0 Å². The second-order valence-electron chi connectivity index (χ2n) is 6.46. The molecular weight excluding hydrogens is 336 g/mol. The van der Waals surface area contributed by atoms with Gasteiger partial charge in [-0.3, -0.25) is 4.79 Å². The van der Waals surface area contributed by atoms with E-state index in [-0.39, 0.29) is 10.8 Å². The second kappa shape index (κ2) is 6.61. The van der Waals surface area contributed by atoms with Gasteiger partial charge in [-0.2, -0.15) is 0 Å². The summed E-state index contributed by atoms with van der Waals surface area (Å²) in [4.78, 5) is 15.0. The fraction of sp³-hybridized carbons (Fsp3) is 0.316. The van der Waals surface area contributed by atoms with Crippen LogP contribution >= 0.6 is 0 Å². The Morgan fingerprint density at radius 1 is 1.12 bits per heavy atom. The van der Waals surface area contributed by atoms with Gasteiger partial charge in [0.05, 0.1) is 4.90 Å². The molecule has 2 aromatic rings. The van der Waals surface area contributed by atoms with Crippen molar-refractivity contribution in [2.24, 2.45) is 0 Å². The van der Waals surface area contributed by atoms with Gasteiger partial charge in [0.15, 0.2) is 0 Å². The summed E-state index contributed by atoms with van der Waals surface area (Å²) in [5, 5.41) is 0. The van der Waals surface area contributed by atoms with Crippen LogP contribution in [0.2, 0.25) is 0 Å². The molecule has 0 unspecified atom stereocenters. The molecule has 0 aromatic heterocycles. The van der Waals surface area contributed by atoms with Gasteiger partial charge in [-0.25, -0.2) is 12.7 Å². The summed E-state index contributed by atoms with van der Waals surface area (Å²) >= 11 is 0. The zero-order valence-electron chi connectivity index (χ0n) is 14.7. The van der Waals surface area contributed by atoms with E-state index in [4.69, 9.17) is 0 Å². The molecule has 6 heteroatoms. The molecule has 0 aliphatic carbocycles. The number of nitrogens with zero attached hydrogens (tertiary/aromatic N) is 2. The Kier molecular flexibility index (Phi) is 4.67. The number of aryl methyl sites for hydroxylation is 2. The summed E-state index contributed by atoms with van der Waals surface area (Å²) < 4.78 is 26.2. The summed E-state index contributed by atoms with van der Waals surface area (Å²) in [6.45, 7) is 2.38. The van der Waals surface area contributed by atoms with Crippen LogP contribution in [-0.2, 0) is 16.4 Å². The predicted molar refractivity (Wildman–Crippen MR) is 98.5 cm³/mol. The van der Waals surface area contributed by atoms with Gasteiger partial charge in [0.25, 0.3) is 5.91 Å². The highest BCUT2D eigenvalue weighted by Crippen LogP contribution is 2.29. The van der Waals surface area contributed by atoms with Crippen LogP contribution in [0.3, 0.4) is 0 Å². The minimum Gasteiger partial charge on any atom is -0.308 e. The second-order valence-corrected chi connectivity index (χ2v) is 8.58. The number of amides is 1. The summed E-state index contributed by atoms with van der Waals surface area (Å²) in [5.41, 5.74) is 3.08. The van der Waals surface area contributed by atoms with E-state index in [1.165, 1.54) is 24.5 Å². The van der Waals surface area contributed by atoms with Crippen molar-refractivity contribution in [1.82, 2.24) is 4.31 Å². The van der Waals surface area contributed by atoms with E-state index >= 15 is 0 Å². The minimum absolute atomic E-state index is 0.164. The lowest BCUT2D eigenvalue weighted by molar-refractivity contribution is 0.0985. The Morgan fingerprint density at radius 2 is 1.84 bits per heavy atom. The molecule has 2 aromatic carbocycles. The summed E-state index contributed by atoms with van der Waals surface area (Å²) in [6, 6.07) is 12.7. The van der Waals surface area contributed by atoms with E-state index in [2.05, 4.69) is 0 Å². The molecule has 0 spiro atoms. The third kappa shape index (κ3) is 3.19. The smallest absolute Gasteiger partial charge is 0.258 e. The minimum atomic E-state index is -3.59. The van der Waals surface area contributed by atoms with Crippen LogP contribution in [0.5, 0.6) is 0 Å². The zero-order valence-corrected chi connectivity index (χ0v) is 15.5. The molecule has 25 heavy (non-hydrogen) atoms. The van der Waals surface area contributed by atoms with E-state index in [9.17, 15) is 13.2 Å². The molecule has 5 nitrogen and oxygen atoms in total. The number of hydrogen-bond acceptors (Lipinski definition) is 3. The van der Waals surface area contributed by atoms with Gasteiger partial charge in [0, 0.05) is 31.9 Å². The Hall–Kier alpha value is -2.18. The first-order chi connectivity index (χ1) is 11.8. The fourth-order valence-corrected chi connectivity index (χ4v) is 4.25. The molecule has 0 saturated heterocycles. The van der Waals surface area contributed by atoms with Gasteiger partial charge < -0.3 is 4.90 Å². The molecule has 3 rings (SSSR count). The number of para-hydroxylation sites is 1. The summed E-state index contributed by atoms with van der Waals surface area (Å²) in [6.07, 6.45) is 1.85. The number of fused-ring (bicyclic) bond motifs is 1. The summed E-state index contributed by atoms with van der Waals surface area (Å²) in [7, 11) is -0.612. The number of rotatable bonds is 3. The van der Waals surface area contributed by atoms with E-state index < -0.39 is 10.0 Å². The maximum atomic E-state index is 13.0. The van der Waals surface area contributed by atoms with Crippen LogP contribution in [0, 0.1) is 6.92 Å². The Balaban J connectivity index is 2.03. The van der Waals surface area contributed by atoms with E-state index in [1.807, 2.05) is 24.3 Å². The van der Waals surface area contributed by atoms with Gasteiger partial charge in [-0.1, -0.05) is 24.3 Å². The lowest BCUT2D eigenvalue weighted by atomic mass is 10.0. The standard InChI is InChI=1S/C19H22N2O3S/c1-14-10-11-16(13-18(14)25(23,24)20(2)3)19(22)21-12-6-8-15-7-4-5-9-17(15)21/h4-5,7,9-11,13H,6,8,12H2,1-3H3. The van der Waals surface area contributed by atoms with Gasteiger partial charge in [0.1, 0.15) is 0 Å². The molecule has 0 N–H and O–H groups in total. The van der Waals surface area contributed by atoms with E-state index in [0.717, 1.165) is 24.1 Å². The quantitative estimate of drug-likeness (QED) is 0.848. The van der Waals surface area contributed by atoms with Gasteiger partial charge in [-0.15, -0.1) is 0 Å². The molecule has 1 aliphatic heterocycles. The molecule has 132 valence electrons. The number of benzene rings is 2. The third-order valence-corrected chi connectivity index (χ3v) is 6.51. The number of carbonyl (C=O) groups excluding carboxylic acids is 1. The van der Waals surface area contributed by atoms with E-state index in [0.29, 0.717) is 17.7 Å². The van der Waals surface area contributed by atoms with Gasteiger partial charge in [0.2, 0.25) is 10.0 Å². The molecule has 0 saturated carbocycles. The SMILES string of the molecule is Cc1ccc(C(=O)N2CCCc3ccccc32)cc1S(=O)(=O)N(C)C. The molecular formula is C19H22N2O3S.